The molecule has 0 spiro atoms. The summed E-state index contributed by atoms with van der Waals surface area (Å²) in [7, 11) is 0. The zero-order valence-electron chi connectivity index (χ0n) is 11.2. The molecule has 4 rings (SSSR count). The molecular formula is C15H18N4O. The van der Waals surface area contributed by atoms with Gasteiger partial charge in [-0.05, 0) is 42.7 Å². The lowest BCUT2D eigenvalue weighted by atomic mass is 9.86. The Morgan fingerprint density at radius 1 is 1.30 bits per heavy atom. The van der Waals surface area contributed by atoms with E-state index in [0.29, 0.717) is 30.1 Å². The Morgan fingerprint density at radius 2 is 2.15 bits per heavy atom. The third-order valence-electron chi connectivity index (χ3n) is 4.60. The largest absolute Gasteiger partial charge is 0.342 e. The number of allylic oxidation sites excluding steroid dienone is 2. The molecule has 2 aromatic rings. The molecule has 104 valence electrons. The molecule has 2 aromatic heterocycles. The van der Waals surface area contributed by atoms with Crippen LogP contribution >= 0.6 is 0 Å². The summed E-state index contributed by atoms with van der Waals surface area (Å²) >= 11 is 0. The van der Waals surface area contributed by atoms with Crippen LogP contribution in [0.1, 0.15) is 30.6 Å². The predicted molar refractivity (Wildman–Crippen MR) is 73.6 cm³/mol. The maximum atomic E-state index is 5.59. The van der Waals surface area contributed by atoms with Gasteiger partial charge in [0.2, 0.25) is 5.89 Å². The summed E-state index contributed by atoms with van der Waals surface area (Å²) in [6, 6.07) is 4.20. The summed E-state index contributed by atoms with van der Waals surface area (Å²) in [6.45, 7) is 0.318. The van der Waals surface area contributed by atoms with Gasteiger partial charge in [0.25, 0.3) is 0 Å². The monoisotopic (exact) mass is 270 g/mol. The molecule has 2 heterocycles. The van der Waals surface area contributed by atoms with Crippen LogP contribution in [0.4, 0.5) is 0 Å². The minimum Gasteiger partial charge on any atom is -0.342 e. The number of nitrogens with zero attached hydrogens (tertiary/aromatic N) is 3. The number of hydrogen-bond acceptors (Lipinski definition) is 4. The highest BCUT2D eigenvalue weighted by atomic mass is 16.5. The van der Waals surface area contributed by atoms with Crippen molar-refractivity contribution in [2.45, 2.75) is 25.4 Å². The van der Waals surface area contributed by atoms with Gasteiger partial charge in [-0.15, -0.1) is 0 Å². The van der Waals surface area contributed by atoms with Gasteiger partial charge in [-0.3, -0.25) is 0 Å². The molecule has 0 amide bonds. The minimum absolute atomic E-state index is 0.123. The molecular weight excluding hydrogens is 252 g/mol. The first-order chi connectivity index (χ1) is 9.85. The van der Waals surface area contributed by atoms with Gasteiger partial charge in [-0.25, -0.2) is 0 Å². The summed E-state index contributed by atoms with van der Waals surface area (Å²) < 4.78 is 7.66. The maximum absolute atomic E-state index is 5.59. The molecule has 20 heavy (non-hydrogen) atoms. The van der Waals surface area contributed by atoms with E-state index in [1.165, 1.54) is 12.8 Å². The van der Waals surface area contributed by atoms with Crippen LogP contribution in [0.3, 0.4) is 0 Å². The zero-order chi connectivity index (χ0) is 13.5. The first kappa shape index (κ1) is 11.9. The zero-order valence-corrected chi connectivity index (χ0v) is 11.2. The summed E-state index contributed by atoms with van der Waals surface area (Å²) in [5, 5.41) is 3.96. The Morgan fingerprint density at radius 3 is 2.75 bits per heavy atom. The Balaban J connectivity index is 1.72. The molecule has 2 aliphatic rings. The number of rotatable bonds is 4. The van der Waals surface area contributed by atoms with E-state index in [1.807, 2.05) is 12.1 Å². The fourth-order valence-corrected chi connectivity index (χ4v) is 3.72. The quantitative estimate of drug-likeness (QED) is 0.864. The highest BCUT2D eigenvalue weighted by molar-refractivity contribution is 5.15. The van der Waals surface area contributed by atoms with Gasteiger partial charge in [0.15, 0.2) is 5.82 Å². The highest BCUT2D eigenvalue weighted by Crippen LogP contribution is 2.49. The lowest BCUT2D eigenvalue weighted by molar-refractivity contribution is 0.252. The van der Waals surface area contributed by atoms with Crippen molar-refractivity contribution >= 4 is 0 Å². The van der Waals surface area contributed by atoms with E-state index in [0.717, 1.165) is 5.92 Å². The van der Waals surface area contributed by atoms with Gasteiger partial charge in [0.1, 0.15) is 6.04 Å². The first-order valence-electron chi connectivity index (χ1n) is 7.18. The average Bonchev–Trinajstić information content (AvgIpc) is 3.25. The summed E-state index contributed by atoms with van der Waals surface area (Å²) in [4.78, 5) is 4.47. The van der Waals surface area contributed by atoms with Gasteiger partial charge >= 0.3 is 0 Å². The second kappa shape index (κ2) is 4.59. The molecule has 1 fully saturated rings. The van der Waals surface area contributed by atoms with Crippen molar-refractivity contribution < 1.29 is 4.52 Å². The Kier molecular flexibility index (Phi) is 2.73. The van der Waals surface area contributed by atoms with Crippen molar-refractivity contribution in [1.82, 2.24) is 14.7 Å². The molecule has 0 aromatic carbocycles. The molecule has 5 nitrogen and oxygen atoms in total. The molecule has 2 bridgehead atoms. The Bertz CT molecular complexity index is 616. The molecule has 0 saturated heterocycles. The van der Waals surface area contributed by atoms with Crippen molar-refractivity contribution in [3.8, 4) is 0 Å². The first-order valence-corrected chi connectivity index (χ1v) is 7.18. The molecule has 1 saturated carbocycles. The van der Waals surface area contributed by atoms with Crippen LogP contribution in [0.2, 0.25) is 0 Å². The van der Waals surface area contributed by atoms with E-state index in [4.69, 9.17) is 10.3 Å². The van der Waals surface area contributed by atoms with Gasteiger partial charge < -0.3 is 14.8 Å². The molecule has 2 N–H and O–H groups in total. The summed E-state index contributed by atoms with van der Waals surface area (Å²) in [5.41, 5.74) is 5.59. The van der Waals surface area contributed by atoms with Crippen molar-refractivity contribution in [2.75, 3.05) is 0 Å². The second-order valence-electron chi connectivity index (χ2n) is 5.77. The summed E-state index contributed by atoms with van der Waals surface area (Å²) in [5.74, 6) is 3.15. The SMILES string of the molecule is NCc1noc(C(C2CC3C=CC2C3)n2cccc2)n1. The molecule has 4 unspecified atom stereocenters. The third-order valence-corrected chi connectivity index (χ3v) is 4.60. The standard InChI is InChI=1S/C15H18N4O/c16-9-13-17-15(20-18-13)14(19-5-1-2-6-19)12-8-10-3-4-11(12)7-10/h1-6,10-12,14H,7-9,16H2. The molecule has 4 atom stereocenters. The highest BCUT2D eigenvalue weighted by Gasteiger charge is 2.43. The second-order valence-corrected chi connectivity index (χ2v) is 5.77. The van der Waals surface area contributed by atoms with E-state index in [9.17, 15) is 0 Å². The van der Waals surface area contributed by atoms with Crippen LogP contribution < -0.4 is 5.73 Å². The topological polar surface area (TPSA) is 69.9 Å². The predicted octanol–water partition coefficient (Wildman–Crippen LogP) is 2.13. The normalized spacial score (nSPS) is 29.1. The van der Waals surface area contributed by atoms with Crippen molar-refractivity contribution in [1.29, 1.82) is 0 Å². The van der Waals surface area contributed by atoms with Crippen molar-refractivity contribution in [2.24, 2.45) is 23.5 Å². The van der Waals surface area contributed by atoms with Crippen molar-refractivity contribution in [3.63, 3.8) is 0 Å². The van der Waals surface area contributed by atoms with Crippen LogP contribution in [0.5, 0.6) is 0 Å². The lowest BCUT2D eigenvalue weighted by Gasteiger charge is -2.27. The Hall–Kier alpha value is -1.88. The van der Waals surface area contributed by atoms with E-state index < -0.39 is 0 Å². The van der Waals surface area contributed by atoms with Crippen LogP contribution in [-0.2, 0) is 6.54 Å². The van der Waals surface area contributed by atoms with E-state index >= 15 is 0 Å². The van der Waals surface area contributed by atoms with Crippen LogP contribution in [0.15, 0.2) is 41.2 Å². The Labute approximate surface area is 117 Å². The molecule has 2 aliphatic carbocycles. The molecule has 0 aliphatic heterocycles. The van der Waals surface area contributed by atoms with E-state index in [-0.39, 0.29) is 6.04 Å². The van der Waals surface area contributed by atoms with E-state index in [1.54, 1.807) is 0 Å². The maximum Gasteiger partial charge on any atom is 0.250 e. The smallest absolute Gasteiger partial charge is 0.250 e. The number of hydrogen-bond donors (Lipinski definition) is 1. The minimum atomic E-state index is 0.123. The number of nitrogens with two attached hydrogens (primary N) is 1. The van der Waals surface area contributed by atoms with Gasteiger partial charge in [0.05, 0.1) is 6.54 Å². The molecule has 5 heteroatoms. The van der Waals surface area contributed by atoms with Gasteiger partial charge in [-0.2, -0.15) is 4.98 Å². The fraction of sp³-hybridized carbons (Fsp3) is 0.467. The van der Waals surface area contributed by atoms with Gasteiger partial charge in [0, 0.05) is 12.4 Å². The number of aromatic nitrogens is 3. The van der Waals surface area contributed by atoms with Gasteiger partial charge in [-0.1, -0.05) is 17.3 Å². The van der Waals surface area contributed by atoms with Crippen LogP contribution in [0, 0.1) is 17.8 Å². The van der Waals surface area contributed by atoms with Crippen LogP contribution in [-0.4, -0.2) is 14.7 Å². The average molecular weight is 270 g/mol. The van der Waals surface area contributed by atoms with Crippen molar-refractivity contribution in [3.05, 3.63) is 48.4 Å². The van der Waals surface area contributed by atoms with Crippen LogP contribution in [0.25, 0.3) is 0 Å². The fourth-order valence-electron chi connectivity index (χ4n) is 3.72. The lowest BCUT2D eigenvalue weighted by Crippen LogP contribution is -2.23. The summed E-state index contributed by atoms with van der Waals surface area (Å²) in [6.07, 6.45) is 11.3. The third kappa shape index (κ3) is 1.81. The molecule has 0 radical (unpaired) electrons. The number of fused-ring (bicyclic) bond motifs is 2. The van der Waals surface area contributed by atoms with E-state index in [2.05, 4.69) is 39.3 Å².